The predicted octanol–water partition coefficient (Wildman–Crippen LogP) is 4.34. The van der Waals surface area contributed by atoms with Crippen LogP contribution >= 0.6 is 0 Å². The highest BCUT2D eigenvalue weighted by atomic mass is 14.9. The average molecular weight is 247 g/mol. The summed E-state index contributed by atoms with van der Waals surface area (Å²) in [6, 6.07) is 8.96. The van der Waals surface area contributed by atoms with Gasteiger partial charge < -0.3 is 5.32 Å². The van der Waals surface area contributed by atoms with E-state index in [-0.39, 0.29) is 0 Å². The topological polar surface area (TPSA) is 12.0 Å². The van der Waals surface area contributed by atoms with Crippen molar-refractivity contribution in [2.45, 2.75) is 53.4 Å². The fourth-order valence-electron chi connectivity index (χ4n) is 2.60. The molecular formula is C17H29N. The molecule has 0 aromatic heterocycles. The largest absolute Gasteiger partial charge is 0.316 e. The summed E-state index contributed by atoms with van der Waals surface area (Å²) in [5.74, 6) is 0. The first kappa shape index (κ1) is 15.2. The van der Waals surface area contributed by atoms with Crippen LogP contribution in [0.15, 0.2) is 24.3 Å². The second-order valence-corrected chi connectivity index (χ2v) is 5.55. The molecule has 0 amide bonds. The molecule has 1 heteroatoms. The summed E-state index contributed by atoms with van der Waals surface area (Å²) in [5.41, 5.74) is 3.27. The Kier molecular flexibility index (Phi) is 6.42. The fourth-order valence-corrected chi connectivity index (χ4v) is 2.60. The van der Waals surface area contributed by atoms with E-state index in [4.69, 9.17) is 0 Å². The Morgan fingerprint density at radius 1 is 1.11 bits per heavy atom. The average Bonchev–Trinajstić information content (AvgIpc) is 2.38. The number of benzene rings is 1. The van der Waals surface area contributed by atoms with Gasteiger partial charge in [-0.1, -0.05) is 50.6 Å². The van der Waals surface area contributed by atoms with Crippen LogP contribution in [0.1, 0.15) is 51.2 Å². The van der Waals surface area contributed by atoms with Crippen molar-refractivity contribution in [3.8, 4) is 0 Å². The predicted molar refractivity (Wildman–Crippen MR) is 81.1 cm³/mol. The maximum atomic E-state index is 3.61. The second-order valence-electron chi connectivity index (χ2n) is 5.55. The molecule has 1 aromatic rings. The summed E-state index contributed by atoms with van der Waals surface area (Å²) < 4.78 is 0. The molecule has 18 heavy (non-hydrogen) atoms. The SMILES string of the molecule is CCCNCC(CC)(CC)Cc1cccc(C)c1. The Labute approximate surface area is 113 Å². The third-order valence-electron chi connectivity index (χ3n) is 4.09. The van der Waals surface area contributed by atoms with E-state index in [1.165, 1.54) is 36.8 Å². The van der Waals surface area contributed by atoms with Crippen LogP contribution in [0.4, 0.5) is 0 Å². The molecule has 0 aliphatic rings. The lowest BCUT2D eigenvalue weighted by atomic mass is 9.76. The van der Waals surface area contributed by atoms with Gasteiger partial charge in [-0.2, -0.15) is 0 Å². The van der Waals surface area contributed by atoms with Gasteiger partial charge in [0.25, 0.3) is 0 Å². The molecule has 1 rings (SSSR count). The summed E-state index contributed by atoms with van der Waals surface area (Å²) in [4.78, 5) is 0. The fraction of sp³-hybridized carbons (Fsp3) is 0.647. The van der Waals surface area contributed by atoms with Gasteiger partial charge in [-0.3, -0.25) is 0 Å². The number of rotatable bonds is 8. The van der Waals surface area contributed by atoms with Gasteiger partial charge in [0.2, 0.25) is 0 Å². The Bertz CT molecular complexity index is 339. The highest BCUT2D eigenvalue weighted by Gasteiger charge is 2.25. The third-order valence-corrected chi connectivity index (χ3v) is 4.09. The van der Waals surface area contributed by atoms with Gasteiger partial charge in [0.1, 0.15) is 0 Å². The third kappa shape index (κ3) is 4.45. The molecule has 0 aliphatic heterocycles. The van der Waals surface area contributed by atoms with E-state index in [0.717, 1.165) is 13.1 Å². The quantitative estimate of drug-likeness (QED) is 0.674. The van der Waals surface area contributed by atoms with E-state index in [9.17, 15) is 0 Å². The van der Waals surface area contributed by atoms with Crippen LogP contribution in [-0.4, -0.2) is 13.1 Å². The van der Waals surface area contributed by atoms with Crippen molar-refractivity contribution < 1.29 is 0 Å². The Hall–Kier alpha value is -0.820. The summed E-state index contributed by atoms with van der Waals surface area (Å²) in [6.45, 7) is 11.3. The van der Waals surface area contributed by atoms with E-state index in [2.05, 4.69) is 57.3 Å². The van der Waals surface area contributed by atoms with Gasteiger partial charge in [-0.05, 0) is 50.1 Å². The van der Waals surface area contributed by atoms with E-state index in [1.807, 2.05) is 0 Å². The molecule has 0 spiro atoms. The van der Waals surface area contributed by atoms with Crippen molar-refractivity contribution >= 4 is 0 Å². The molecule has 102 valence electrons. The van der Waals surface area contributed by atoms with Crippen molar-refractivity contribution in [2.24, 2.45) is 5.41 Å². The molecule has 0 atom stereocenters. The minimum absolute atomic E-state index is 0.420. The van der Waals surface area contributed by atoms with Crippen molar-refractivity contribution in [1.29, 1.82) is 0 Å². The van der Waals surface area contributed by atoms with E-state index >= 15 is 0 Å². The lowest BCUT2D eigenvalue weighted by Gasteiger charge is -2.32. The number of hydrogen-bond acceptors (Lipinski definition) is 1. The maximum absolute atomic E-state index is 3.61. The van der Waals surface area contributed by atoms with E-state index in [1.54, 1.807) is 0 Å². The molecule has 1 nitrogen and oxygen atoms in total. The molecule has 0 heterocycles. The zero-order valence-electron chi connectivity index (χ0n) is 12.6. The van der Waals surface area contributed by atoms with Gasteiger partial charge in [0.15, 0.2) is 0 Å². The second kappa shape index (κ2) is 7.58. The Morgan fingerprint density at radius 3 is 2.39 bits per heavy atom. The summed E-state index contributed by atoms with van der Waals surface area (Å²) in [5, 5.41) is 3.61. The van der Waals surface area contributed by atoms with Gasteiger partial charge >= 0.3 is 0 Å². The van der Waals surface area contributed by atoms with Crippen molar-refractivity contribution in [3.05, 3.63) is 35.4 Å². The standard InChI is InChI=1S/C17H29N/c1-5-11-18-14-17(6-2,7-3)13-16-10-8-9-15(4)12-16/h8-10,12,18H,5-7,11,13-14H2,1-4H3. The minimum atomic E-state index is 0.420. The molecule has 0 aliphatic carbocycles. The van der Waals surface area contributed by atoms with Crippen LogP contribution in [0.3, 0.4) is 0 Å². The van der Waals surface area contributed by atoms with Crippen molar-refractivity contribution in [1.82, 2.24) is 5.32 Å². The Morgan fingerprint density at radius 2 is 1.83 bits per heavy atom. The zero-order chi connectivity index (χ0) is 13.4. The first-order chi connectivity index (χ1) is 8.65. The van der Waals surface area contributed by atoms with Gasteiger partial charge in [-0.25, -0.2) is 0 Å². The molecule has 0 saturated heterocycles. The van der Waals surface area contributed by atoms with Gasteiger partial charge in [0.05, 0.1) is 0 Å². The monoisotopic (exact) mass is 247 g/mol. The lowest BCUT2D eigenvalue weighted by Crippen LogP contribution is -2.35. The normalized spacial score (nSPS) is 11.8. The van der Waals surface area contributed by atoms with Crippen molar-refractivity contribution in [2.75, 3.05) is 13.1 Å². The molecule has 1 N–H and O–H groups in total. The van der Waals surface area contributed by atoms with Gasteiger partial charge in [0, 0.05) is 6.54 Å². The highest BCUT2D eigenvalue weighted by molar-refractivity contribution is 5.23. The molecule has 1 aromatic carbocycles. The number of hydrogen-bond donors (Lipinski definition) is 1. The highest BCUT2D eigenvalue weighted by Crippen LogP contribution is 2.30. The van der Waals surface area contributed by atoms with E-state index < -0.39 is 0 Å². The summed E-state index contributed by atoms with van der Waals surface area (Å²) >= 11 is 0. The lowest BCUT2D eigenvalue weighted by molar-refractivity contribution is 0.247. The molecule has 0 saturated carbocycles. The van der Waals surface area contributed by atoms with Crippen LogP contribution in [0.25, 0.3) is 0 Å². The zero-order valence-corrected chi connectivity index (χ0v) is 12.6. The van der Waals surface area contributed by atoms with Crippen LogP contribution in [0.5, 0.6) is 0 Å². The Balaban J connectivity index is 2.71. The first-order valence-electron chi connectivity index (χ1n) is 7.42. The van der Waals surface area contributed by atoms with E-state index in [0.29, 0.717) is 5.41 Å². The molecule has 0 radical (unpaired) electrons. The molecular weight excluding hydrogens is 218 g/mol. The maximum Gasteiger partial charge on any atom is 0.00108 e. The van der Waals surface area contributed by atoms with Crippen LogP contribution < -0.4 is 5.32 Å². The van der Waals surface area contributed by atoms with Gasteiger partial charge in [-0.15, -0.1) is 0 Å². The summed E-state index contributed by atoms with van der Waals surface area (Å²) in [7, 11) is 0. The smallest absolute Gasteiger partial charge is 0.00108 e. The molecule has 0 unspecified atom stereocenters. The van der Waals surface area contributed by atoms with Crippen molar-refractivity contribution in [3.63, 3.8) is 0 Å². The van der Waals surface area contributed by atoms with Crippen LogP contribution in [0.2, 0.25) is 0 Å². The molecule has 0 bridgehead atoms. The molecule has 0 fully saturated rings. The van der Waals surface area contributed by atoms with Crippen LogP contribution in [0, 0.1) is 12.3 Å². The number of aryl methyl sites for hydroxylation is 1. The minimum Gasteiger partial charge on any atom is -0.316 e. The number of nitrogens with one attached hydrogen (secondary N) is 1. The van der Waals surface area contributed by atoms with Crippen LogP contribution in [-0.2, 0) is 6.42 Å². The summed E-state index contributed by atoms with van der Waals surface area (Å²) in [6.07, 6.45) is 4.90. The first-order valence-corrected chi connectivity index (χ1v) is 7.42.